The van der Waals surface area contributed by atoms with E-state index in [9.17, 15) is 15.2 Å². The fraction of sp³-hybridized carbons (Fsp3) is 0.368. The number of hydrogen-bond acceptors (Lipinski definition) is 5. The number of azo groups is 1. The van der Waals surface area contributed by atoms with Crippen LogP contribution in [-0.2, 0) is 0 Å². The van der Waals surface area contributed by atoms with Crippen molar-refractivity contribution in [2.45, 2.75) is 47.1 Å². The second kappa shape index (κ2) is 7.31. The number of rotatable bonds is 4. The van der Waals surface area contributed by atoms with Gasteiger partial charge in [0.05, 0.1) is 5.69 Å². The zero-order valence-corrected chi connectivity index (χ0v) is 15.2. The molecule has 2 aromatic rings. The minimum atomic E-state index is -0.448. The maximum Gasteiger partial charge on any atom is 0.281 e. The average molecular weight is 338 g/mol. The van der Waals surface area contributed by atoms with Crippen LogP contribution in [-0.4, -0.2) is 9.67 Å². The molecule has 0 radical (unpaired) electrons. The standard InChI is InChI=1S/C19H22N4O2/c1-6-13(4)23-18(24)16(10-20)14(5)17(19(23)25)22-21-15-8-7-11(2)12(3)9-15/h7-9,13,24H,6H2,1-5H3. The lowest BCUT2D eigenvalue weighted by Gasteiger charge is -2.17. The highest BCUT2D eigenvalue weighted by Crippen LogP contribution is 2.29. The minimum Gasteiger partial charge on any atom is -0.493 e. The van der Waals surface area contributed by atoms with Crippen molar-refractivity contribution in [2.24, 2.45) is 10.2 Å². The third-order valence-corrected chi connectivity index (χ3v) is 4.50. The quantitative estimate of drug-likeness (QED) is 0.816. The largest absolute Gasteiger partial charge is 0.493 e. The van der Waals surface area contributed by atoms with E-state index in [0.717, 1.165) is 11.1 Å². The van der Waals surface area contributed by atoms with Crippen LogP contribution in [0.5, 0.6) is 5.88 Å². The first-order valence-electron chi connectivity index (χ1n) is 8.18. The highest BCUT2D eigenvalue weighted by Gasteiger charge is 2.21. The molecule has 1 heterocycles. The molecule has 0 saturated heterocycles. The Morgan fingerprint density at radius 3 is 2.48 bits per heavy atom. The molecule has 6 nitrogen and oxygen atoms in total. The van der Waals surface area contributed by atoms with Gasteiger partial charge in [-0.15, -0.1) is 5.11 Å². The molecule has 0 fully saturated rings. The number of aromatic nitrogens is 1. The minimum absolute atomic E-state index is 0.0499. The van der Waals surface area contributed by atoms with Crippen LogP contribution in [0.15, 0.2) is 33.2 Å². The Morgan fingerprint density at radius 1 is 1.24 bits per heavy atom. The Labute approximate surface area is 147 Å². The lowest BCUT2D eigenvalue weighted by Crippen LogP contribution is -2.24. The number of aryl methyl sites for hydroxylation is 2. The van der Waals surface area contributed by atoms with Gasteiger partial charge in [-0.3, -0.25) is 9.36 Å². The summed E-state index contributed by atoms with van der Waals surface area (Å²) in [5.41, 5.74) is 2.86. The normalized spacial score (nSPS) is 12.3. The van der Waals surface area contributed by atoms with E-state index in [-0.39, 0.29) is 23.2 Å². The molecule has 1 aromatic heterocycles. The van der Waals surface area contributed by atoms with E-state index in [1.165, 1.54) is 4.57 Å². The Morgan fingerprint density at radius 2 is 1.92 bits per heavy atom. The van der Waals surface area contributed by atoms with Crippen LogP contribution in [0.2, 0.25) is 0 Å². The van der Waals surface area contributed by atoms with Gasteiger partial charge >= 0.3 is 0 Å². The number of hydrogen-bond donors (Lipinski definition) is 1. The third kappa shape index (κ3) is 3.45. The van der Waals surface area contributed by atoms with Crippen LogP contribution < -0.4 is 5.56 Å². The smallest absolute Gasteiger partial charge is 0.281 e. The molecule has 0 aliphatic heterocycles. The summed E-state index contributed by atoms with van der Waals surface area (Å²) in [7, 11) is 0. The number of nitrogens with zero attached hydrogens (tertiary/aromatic N) is 4. The Kier molecular flexibility index (Phi) is 5.38. The molecule has 1 atom stereocenters. The average Bonchev–Trinajstić information content (AvgIpc) is 2.58. The van der Waals surface area contributed by atoms with Gasteiger partial charge in [-0.2, -0.15) is 10.4 Å². The summed E-state index contributed by atoms with van der Waals surface area (Å²) < 4.78 is 1.21. The van der Waals surface area contributed by atoms with Gasteiger partial charge in [-0.25, -0.2) is 0 Å². The maximum absolute atomic E-state index is 12.8. The highest BCUT2D eigenvalue weighted by molar-refractivity contribution is 5.57. The van der Waals surface area contributed by atoms with E-state index in [1.54, 1.807) is 6.92 Å². The predicted molar refractivity (Wildman–Crippen MR) is 96.9 cm³/mol. The molecule has 0 aliphatic rings. The summed E-state index contributed by atoms with van der Waals surface area (Å²) in [5.74, 6) is -0.315. The van der Waals surface area contributed by atoms with Gasteiger partial charge in [-0.1, -0.05) is 13.0 Å². The monoisotopic (exact) mass is 338 g/mol. The van der Waals surface area contributed by atoms with Crippen molar-refractivity contribution in [1.29, 1.82) is 5.26 Å². The molecule has 1 unspecified atom stereocenters. The zero-order chi connectivity index (χ0) is 18.7. The Balaban J connectivity index is 2.64. The van der Waals surface area contributed by atoms with E-state index >= 15 is 0 Å². The molecule has 0 amide bonds. The highest BCUT2D eigenvalue weighted by atomic mass is 16.3. The second-order valence-corrected chi connectivity index (χ2v) is 6.19. The van der Waals surface area contributed by atoms with Crippen molar-refractivity contribution in [3.8, 4) is 11.9 Å². The van der Waals surface area contributed by atoms with Gasteiger partial charge < -0.3 is 5.11 Å². The van der Waals surface area contributed by atoms with Crippen molar-refractivity contribution in [1.82, 2.24) is 4.57 Å². The summed E-state index contributed by atoms with van der Waals surface area (Å²) in [5, 5.41) is 27.9. The molecule has 130 valence electrons. The summed E-state index contributed by atoms with van der Waals surface area (Å²) >= 11 is 0. The molecule has 1 aromatic carbocycles. The second-order valence-electron chi connectivity index (χ2n) is 6.19. The first-order chi connectivity index (χ1) is 11.8. The van der Waals surface area contributed by atoms with Crippen molar-refractivity contribution in [3.05, 3.63) is 50.8 Å². The van der Waals surface area contributed by atoms with E-state index in [4.69, 9.17) is 0 Å². The molecule has 6 heteroatoms. The molecule has 2 rings (SSSR count). The van der Waals surface area contributed by atoms with Crippen molar-refractivity contribution >= 4 is 11.4 Å². The van der Waals surface area contributed by atoms with Gasteiger partial charge in [-0.05, 0) is 57.4 Å². The lowest BCUT2D eigenvalue weighted by atomic mass is 10.1. The molecular formula is C19H22N4O2. The fourth-order valence-electron chi connectivity index (χ4n) is 2.52. The molecule has 0 spiro atoms. The SMILES string of the molecule is CCC(C)n1c(O)c(C#N)c(C)c(N=Nc2ccc(C)c(C)c2)c1=O. The van der Waals surface area contributed by atoms with Crippen molar-refractivity contribution < 1.29 is 5.11 Å². The molecule has 0 bridgehead atoms. The summed E-state index contributed by atoms with van der Waals surface area (Å²) in [6.45, 7) is 9.28. The van der Waals surface area contributed by atoms with E-state index < -0.39 is 5.56 Å². The third-order valence-electron chi connectivity index (χ3n) is 4.50. The van der Waals surface area contributed by atoms with Crippen LogP contribution in [0.1, 0.15) is 48.6 Å². The number of aromatic hydroxyl groups is 1. The van der Waals surface area contributed by atoms with Crippen molar-refractivity contribution in [2.75, 3.05) is 0 Å². The van der Waals surface area contributed by atoms with Crippen molar-refractivity contribution in [3.63, 3.8) is 0 Å². The number of nitriles is 1. The molecule has 0 saturated carbocycles. The first kappa shape index (κ1) is 18.4. The van der Waals surface area contributed by atoms with Crippen LogP contribution >= 0.6 is 0 Å². The van der Waals surface area contributed by atoms with E-state index in [0.29, 0.717) is 17.7 Å². The summed E-state index contributed by atoms with van der Waals surface area (Å²) in [6, 6.07) is 7.34. The lowest BCUT2D eigenvalue weighted by molar-refractivity contribution is 0.372. The van der Waals surface area contributed by atoms with Crippen LogP contribution in [0.4, 0.5) is 11.4 Å². The Bertz CT molecular complexity index is 936. The van der Waals surface area contributed by atoms with Gasteiger partial charge in [0.1, 0.15) is 11.6 Å². The van der Waals surface area contributed by atoms with Crippen LogP contribution in [0, 0.1) is 32.1 Å². The van der Waals surface area contributed by atoms with Gasteiger partial charge in [0.25, 0.3) is 5.56 Å². The fourth-order valence-corrected chi connectivity index (χ4v) is 2.52. The molecule has 1 N–H and O–H groups in total. The topological polar surface area (TPSA) is 90.7 Å². The first-order valence-corrected chi connectivity index (χ1v) is 8.18. The Hall–Kier alpha value is -2.94. The number of pyridine rings is 1. The van der Waals surface area contributed by atoms with Crippen LogP contribution in [0.3, 0.4) is 0 Å². The predicted octanol–water partition coefficient (Wildman–Crippen LogP) is 4.74. The molecule has 25 heavy (non-hydrogen) atoms. The van der Waals surface area contributed by atoms with E-state index in [1.807, 2.05) is 52.0 Å². The number of benzene rings is 1. The van der Waals surface area contributed by atoms with Crippen LogP contribution in [0.25, 0.3) is 0 Å². The summed E-state index contributed by atoms with van der Waals surface area (Å²) in [4.78, 5) is 12.8. The van der Waals surface area contributed by atoms with Gasteiger partial charge in [0, 0.05) is 11.6 Å². The zero-order valence-electron chi connectivity index (χ0n) is 15.2. The van der Waals surface area contributed by atoms with Gasteiger partial charge in [0.15, 0.2) is 5.69 Å². The van der Waals surface area contributed by atoms with Gasteiger partial charge in [0.2, 0.25) is 5.88 Å². The van der Waals surface area contributed by atoms with E-state index in [2.05, 4.69) is 10.2 Å². The molecular weight excluding hydrogens is 316 g/mol. The molecule has 0 aliphatic carbocycles. The maximum atomic E-state index is 12.8. The summed E-state index contributed by atoms with van der Waals surface area (Å²) in [6.07, 6.45) is 0.634.